The molecule has 3 heteroatoms. The average molecular weight is 194 g/mol. The second kappa shape index (κ2) is 5.60. The summed E-state index contributed by atoms with van der Waals surface area (Å²) in [6, 6.07) is 2.31. The van der Waals surface area contributed by atoms with Gasteiger partial charge in [-0.05, 0) is 32.4 Å². The quantitative estimate of drug-likeness (QED) is 0.780. The number of rotatable bonds is 5. The minimum Gasteiger partial charge on any atom is -0.380 e. The van der Waals surface area contributed by atoms with Crippen molar-refractivity contribution in [2.24, 2.45) is 0 Å². The highest BCUT2D eigenvalue weighted by molar-refractivity contribution is 5.48. The van der Waals surface area contributed by atoms with Gasteiger partial charge in [-0.2, -0.15) is 0 Å². The summed E-state index contributed by atoms with van der Waals surface area (Å²) >= 11 is 0. The number of anilines is 1. The first-order valence-corrected chi connectivity index (χ1v) is 4.99. The van der Waals surface area contributed by atoms with Gasteiger partial charge in [0.25, 0.3) is 0 Å². The Bertz CT molecular complexity index is 276. The molecule has 1 heterocycles. The summed E-state index contributed by atoms with van der Waals surface area (Å²) in [7, 11) is 0. The molecule has 1 atom stereocenters. The number of aromatic nitrogens is 1. The van der Waals surface area contributed by atoms with Crippen LogP contribution in [0.25, 0.3) is 0 Å². The van der Waals surface area contributed by atoms with E-state index in [1.54, 1.807) is 6.20 Å². The summed E-state index contributed by atoms with van der Waals surface area (Å²) in [4.78, 5) is 4.08. The maximum Gasteiger partial charge on any atom is 0.0664 e. The van der Waals surface area contributed by atoms with Gasteiger partial charge in [0.05, 0.1) is 18.5 Å². The van der Waals surface area contributed by atoms with Gasteiger partial charge in [-0.25, -0.2) is 0 Å². The Morgan fingerprint density at radius 2 is 2.36 bits per heavy atom. The molecule has 0 saturated heterocycles. The lowest BCUT2D eigenvalue weighted by Crippen LogP contribution is -2.22. The molecule has 0 aliphatic heterocycles. The van der Waals surface area contributed by atoms with Crippen LogP contribution in [0.1, 0.15) is 19.4 Å². The molecule has 0 aliphatic rings. The Labute approximate surface area is 85.5 Å². The number of nitrogens with zero attached hydrogens (tertiary/aromatic N) is 1. The molecule has 0 saturated carbocycles. The van der Waals surface area contributed by atoms with Crippen molar-refractivity contribution in [3.05, 3.63) is 24.0 Å². The molecule has 0 amide bonds. The topological polar surface area (TPSA) is 34.1 Å². The Morgan fingerprint density at radius 1 is 1.57 bits per heavy atom. The van der Waals surface area contributed by atoms with Crippen molar-refractivity contribution in [1.29, 1.82) is 0 Å². The monoisotopic (exact) mass is 194 g/mol. The molecule has 0 radical (unpaired) electrons. The van der Waals surface area contributed by atoms with Crippen molar-refractivity contribution in [1.82, 2.24) is 4.98 Å². The summed E-state index contributed by atoms with van der Waals surface area (Å²) in [6.07, 6.45) is 3.64. The summed E-state index contributed by atoms with van der Waals surface area (Å²) in [5.74, 6) is 0. The predicted molar refractivity (Wildman–Crippen MR) is 58.6 cm³/mol. The van der Waals surface area contributed by atoms with E-state index in [1.807, 2.05) is 19.2 Å². The zero-order chi connectivity index (χ0) is 10.4. The fourth-order valence-corrected chi connectivity index (χ4v) is 1.22. The number of nitrogens with one attached hydrogen (secondary N) is 1. The molecular formula is C11H18N2O. The van der Waals surface area contributed by atoms with Crippen LogP contribution in [-0.4, -0.2) is 24.2 Å². The zero-order valence-electron chi connectivity index (χ0n) is 9.08. The number of hydrogen-bond donors (Lipinski definition) is 1. The molecular weight excluding hydrogens is 176 g/mol. The van der Waals surface area contributed by atoms with E-state index in [0.29, 0.717) is 6.04 Å². The summed E-state index contributed by atoms with van der Waals surface area (Å²) in [5, 5.41) is 3.36. The predicted octanol–water partition coefficient (Wildman–Crippen LogP) is 2.23. The molecule has 14 heavy (non-hydrogen) atoms. The van der Waals surface area contributed by atoms with Crippen LogP contribution in [0.3, 0.4) is 0 Å². The standard InChI is InChI=1S/C11H18N2O/c1-4-14-8-10(3)13-11-7-12-6-5-9(11)2/h5-7,10,13H,4,8H2,1-3H3. The van der Waals surface area contributed by atoms with E-state index in [2.05, 4.69) is 24.1 Å². The van der Waals surface area contributed by atoms with Gasteiger partial charge in [0, 0.05) is 18.8 Å². The molecule has 1 N–H and O–H groups in total. The van der Waals surface area contributed by atoms with E-state index < -0.39 is 0 Å². The van der Waals surface area contributed by atoms with E-state index in [9.17, 15) is 0 Å². The van der Waals surface area contributed by atoms with Crippen LogP contribution in [0, 0.1) is 6.92 Å². The molecule has 0 spiro atoms. The number of pyridine rings is 1. The first kappa shape index (κ1) is 11.0. The third kappa shape index (κ3) is 3.34. The lowest BCUT2D eigenvalue weighted by Gasteiger charge is -2.16. The average Bonchev–Trinajstić information content (AvgIpc) is 2.18. The first-order valence-electron chi connectivity index (χ1n) is 4.99. The molecule has 78 valence electrons. The van der Waals surface area contributed by atoms with Gasteiger partial charge in [0.1, 0.15) is 0 Å². The third-order valence-corrected chi connectivity index (χ3v) is 2.01. The normalized spacial score (nSPS) is 12.5. The fraction of sp³-hybridized carbons (Fsp3) is 0.545. The van der Waals surface area contributed by atoms with Crippen LogP contribution in [-0.2, 0) is 4.74 Å². The molecule has 0 aliphatic carbocycles. The van der Waals surface area contributed by atoms with Crippen molar-refractivity contribution in [3.8, 4) is 0 Å². The highest BCUT2D eigenvalue weighted by Gasteiger charge is 2.03. The molecule has 0 aromatic carbocycles. The zero-order valence-corrected chi connectivity index (χ0v) is 9.08. The lowest BCUT2D eigenvalue weighted by molar-refractivity contribution is 0.141. The minimum absolute atomic E-state index is 0.317. The van der Waals surface area contributed by atoms with Crippen molar-refractivity contribution in [2.45, 2.75) is 26.8 Å². The van der Waals surface area contributed by atoms with E-state index in [-0.39, 0.29) is 0 Å². The highest BCUT2D eigenvalue weighted by atomic mass is 16.5. The van der Waals surface area contributed by atoms with Crippen LogP contribution < -0.4 is 5.32 Å². The SMILES string of the molecule is CCOCC(C)Nc1cnccc1C. The summed E-state index contributed by atoms with van der Waals surface area (Å²) in [5.41, 5.74) is 2.29. The molecule has 0 bridgehead atoms. The molecule has 1 aromatic heterocycles. The Kier molecular flexibility index (Phi) is 4.40. The van der Waals surface area contributed by atoms with E-state index >= 15 is 0 Å². The van der Waals surface area contributed by atoms with Crippen molar-refractivity contribution in [3.63, 3.8) is 0 Å². The van der Waals surface area contributed by atoms with E-state index in [0.717, 1.165) is 18.9 Å². The Morgan fingerprint density at radius 3 is 3.00 bits per heavy atom. The maximum atomic E-state index is 5.32. The number of ether oxygens (including phenoxy) is 1. The lowest BCUT2D eigenvalue weighted by atomic mass is 10.2. The number of hydrogen-bond acceptors (Lipinski definition) is 3. The second-order valence-electron chi connectivity index (χ2n) is 3.40. The Hall–Kier alpha value is -1.09. The molecule has 0 fully saturated rings. The molecule has 3 nitrogen and oxygen atoms in total. The largest absolute Gasteiger partial charge is 0.380 e. The third-order valence-electron chi connectivity index (χ3n) is 2.01. The second-order valence-corrected chi connectivity index (χ2v) is 3.40. The van der Waals surface area contributed by atoms with Gasteiger partial charge in [0.15, 0.2) is 0 Å². The van der Waals surface area contributed by atoms with Gasteiger partial charge >= 0.3 is 0 Å². The van der Waals surface area contributed by atoms with E-state index in [1.165, 1.54) is 5.56 Å². The van der Waals surface area contributed by atoms with Crippen LogP contribution in [0.5, 0.6) is 0 Å². The van der Waals surface area contributed by atoms with Gasteiger partial charge in [-0.1, -0.05) is 0 Å². The Balaban J connectivity index is 2.47. The molecule has 1 aromatic rings. The first-order chi connectivity index (χ1) is 6.74. The van der Waals surface area contributed by atoms with Crippen molar-refractivity contribution in [2.75, 3.05) is 18.5 Å². The summed E-state index contributed by atoms with van der Waals surface area (Å²) < 4.78 is 5.32. The van der Waals surface area contributed by atoms with Gasteiger partial charge in [0.2, 0.25) is 0 Å². The van der Waals surface area contributed by atoms with Gasteiger partial charge in [-0.15, -0.1) is 0 Å². The maximum absolute atomic E-state index is 5.32. The fourth-order valence-electron chi connectivity index (χ4n) is 1.22. The summed E-state index contributed by atoms with van der Waals surface area (Å²) in [6.45, 7) is 7.66. The smallest absolute Gasteiger partial charge is 0.0664 e. The molecule has 1 unspecified atom stereocenters. The number of aryl methyl sites for hydroxylation is 1. The van der Waals surface area contributed by atoms with Crippen LogP contribution >= 0.6 is 0 Å². The van der Waals surface area contributed by atoms with Gasteiger partial charge in [-0.3, -0.25) is 4.98 Å². The van der Waals surface area contributed by atoms with Crippen molar-refractivity contribution < 1.29 is 4.74 Å². The van der Waals surface area contributed by atoms with Crippen LogP contribution in [0.2, 0.25) is 0 Å². The highest BCUT2D eigenvalue weighted by Crippen LogP contribution is 2.12. The van der Waals surface area contributed by atoms with E-state index in [4.69, 9.17) is 4.74 Å². The van der Waals surface area contributed by atoms with Crippen molar-refractivity contribution >= 4 is 5.69 Å². The van der Waals surface area contributed by atoms with Gasteiger partial charge < -0.3 is 10.1 Å². The van der Waals surface area contributed by atoms with Crippen LogP contribution in [0.15, 0.2) is 18.5 Å². The van der Waals surface area contributed by atoms with Crippen LogP contribution in [0.4, 0.5) is 5.69 Å². The minimum atomic E-state index is 0.317. The molecule has 1 rings (SSSR count).